The molecule has 3 N–H and O–H groups in total. The van der Waals surface area contributed by atoms with Crippen molar-refractivity contribution >= 4 is 12.2 Å². The topological polar surface area (TPSA) is 87.7 Å². The van der Waals surface area contributed by atoms with Gasteiger partial charge in [0.05, 0.1) is 0 Å². The third-order valence-electron chi connectivity index (χ3n) is 1.80. The molecule has 0 aromatic rings. The maximum atomic E-state index is 11.2. The maximum absolute atomic E-state index is 11.2. The lowest BCUT2D eigenvalue weighted by Gasteiger charge is -2.19. The number of ether oxygens (including phenoxy) is 1. The molecule has 0 saturated heterocycles. The first-order valence-corrected chi connectivity index (χ1v) is 5.75. The van der Waals surface area contributed by atoms with Crippen LogP contribution < -0.4 is 10.6 Å². The molecule has 0 spiro atoms. The minimum atomic E-state index is -1.00. The Morgan fingerprint density at radius 2 is 1.59 bits per heavy atom. The Bertz CT molecular complexity index is 248. The van der Waals surface area contributed by atoms with E-state index < -0.39 is 17.8 Å². The van der Waals surface area contributed by atoms with Crippen molar-refractivity contribution in [2.24, 2.45) is 0 Å². The fourth-order valence-corrected chi connectivity index (χ4v) is 1.13. The Labute approximate surface area is 102 Å². The molecule has 0 aliphatic rings. The molecule has 100 valence electrons. The minimum absolute atomic E-state index is 0.416. The van der Waals surface area contributed by atoms with Crippen molar-refractivity contribution in [1.82, 2.24) is 10.6 Å². The van der Waals surface area contributed by atoms with Crippen LogP contribution in [0.1, 0.15) is 40.0 Å². The van der Waals surface area contributed by atoms with Crippen molar-refractivity contribution < 1.29 is 19.4 Å². The molecule has 0 aliphatic carbocycles. The summed E-state index contributed by atoms with van der Waals surface area (Å²) in [6.45, 7) is 6.42. The molecule has 0 aromatic carbocycles. The molecule has 0 bridgehead atoms. The van der Waals surface area contributed by atoms with Crippen LogP contribution in [0.3, 0.4) is 0 Å². The molecule has 0 rings (SSSR count). The molecule has 0 fully saturated rings. The second-order valence-electron chi connectivity index (χ2n) is 4.72. The van der Waals surface area contributed by atoms with Gasteiger partial charge in [-0.2, -0.15) is 0 Å². The predicted molar refractivity (Wildman–Crippen MR) is 64.1 cm³/mol. The van der Waals surface area contributed by atoms with Gasteiger partial charge in [-0.15, -0.1) is 0 Å². The average molecular weight is 246 g/mol. The SMILES string of the molecule is CC(C)(C)OC(=O)NCCCCCNC(=O)O. The summed E-state index contributed by atoms with van der Waals surface area (Å²) in [5, 5.41) is 13.2. The van der Waals surface area contributed by atoms with Crippen LogP contribution in [-0.4, -0.2) is 36.0 Å². The van der Waals surface area contributed by atoms with Crippen LogP contribution in [0.5, 0.6) is 0 Å². The average Bonchev–Trinajstić information content (AvgIpc) is 2.12. The Hall–Kier alpha value is -1.46. The van der Waals surface area contributed by atoms with E-state index in [1.54, 1.807) is 0 Å². The standard InChI is InChI=1S/C11H22N2O4/c1-11(2,3)17-10(16)13-8-6-4-5-7-12-9(14)15/h12H,4-8H2,1-3H3,(H,13,16)(H,14,15). The van der Waals surface area contributed by atoms with E-state index in [0.717, 1.165) is 19.3 Å². The highest BCUT2D eigenvalue weighted by Crippen LogP contribution is 2.06. The molecule has 0 aliphatic heterocycles. The summed E-state index contributed by atoms with van der Waals surface area (Å²) in [6, 6.07) is 0. The van der Waals surface area contributed by atoms with E-state index >= 15 is 0 Å². The van der Waals surface area contributed by atoms with E-state index in [9.17, 15) is 9.59 Å². The summed E-state index contributed by atoms with van der Waals surface area (Å²) >= 11 is 0. The van der Waals surface area contributed by atoms with Crippen molar-refractivity contribution in [2.75, 3.05) is 13.1 Å². The molecule has 6 nitrogen and oxygen atoms in total. The van der Waals surface area contributed by atoms with E-state index in [2.05, 4.69) is 10.6 Å². The number of carboxylic acid groups (broad SMARTS) is 1. The summed E-state index contributed by atoms with van der Waals surface area (Å²) in [5.74, 6) is 0. The number of rotatable bonds is 6. The predicted octanol–water partition coefficient (Wildman–Crippen LogP) is 1.95. The van der Waals surface area contributed by atoms with Crippen LogP contribution in [0.25, 0.3) is 0 Å². The smallest absolute Gasteiger partial charge is 0.407 e. The van der Waals surface area contributed by atoms with Gasteiger partial charge >= 0.3 is 12.2 Å². The minimum Gasteiger partial charge on any atom is -0.465 e. The van der Waals surface area contributed by atoms with Gasteiger partial charge in [0.2, 0.25) is 0 Å². The van der Waals surface area contributed by atoms with E-state index in [-0.39, 0.29) is 0 Å². The number of alkyl carbamates (subject to hydrolysis) is 1. The highest BCUT2D eigenvalue weighted by molar-refractivity contribution is 5.67. The quantitative estimate of drug-likeness (QED) is 0.625. The van der Waals surface area contributed by atoms with Gasteiger partial charge in [-0.25, -0.2) is 9.59 Å². The Morgan fingerprint density at radius 1 is 1.06 bits per heavy atom. The van der Waals surface area contributed by atoms with Crippen molar-refractivity contribution in [1.29, 1.82) is 0 Å². The number of hydrogen-bond donors (Lipinski definition) is 3. The number of carbonyl (C=O) groups excluding carboxylic acids is 1. The maximum Gasteiger partial charge on any atom is 0.407 e. The fourth-order valence-electron chi connectivity index (χ4n) is 1.13. The second kappa shape index (κ2) is 7.76. The number of amides is 2. The highest BCUT2D eigenvalue weighted by atomic mass is 16.6. The molecule has 0 heterocycles. The van der Waals surface area contributed by atoms with Crippen molar-refractivity contribution in [3.05, 3.63) is 0 Å². The normalized spacial score (nSPS) is 10.8. The van der Waals surface area contributed by atoms with Gasteiger partial charge in [-0.1, -0.05) is 0 Å². The monoisotopic (exact) mass is 246 g/mol. The first-order chi connectivity index (χ1) is 7.81. The van der Waals surface area contributed by atoms with E-state index in [0.29, 0.717) is 13.1 Å². The molecule has 17 heavy (non-hydrogen) atoms. The molecular weight excluding hydrogens is 224 g/mol. The zero-order valence-corrected chi connectivity index (χ0v) is 10.7. The molecule has 2 amide bonds. The third kappa shape index (κ3) is 12.5. The Morgan fingerprint density at radius 3 is 2.06 bits per heavy atom. The summed E-state index contributed by atoms with van der Waals surface area (Å²) in [4.78, 5) is 21.3. The fraction of sp³-hybridized carbons (Fsp3) is 0.818. The van der Waals surface area contributed by atoms with Gasteiger partial charge in [0, 0.05) is 13.1 Å². The van der Waals surface area contributed by atoms with Gasteiger partial charge in [0.15, 0.2) is 0 Å². The summed E-state index contributed by atoms with van der Waals surface area (Å²) in [5.41, 5.74) is -0.477. The third-order valence-corrected chi connectivity index (χ3v) is 1.80. The first-order valence-electron chi connectivity index (χ1n) is 5.75. The number of hydrogen-bond acceptors (Lipinski definition) is 3. The van der Waals surface area contributed by atoms with Crippen LogP contribution in [0, 0.1) is 0 Å². The van der Waals surface area contributed by atoms with Crippen molar-refractivity contribution in [2.45, 2.75) is 45.6 Å². The van der Waals surface area contributed by atoms with Crippen LogP contribution in [0.2, 0.25) is 0 Å². The van der Waals surface area contributed by atoms with Gasteiger partial charge in [0.25, 0.3) is 0 Å². The van der Waals surface area contributed by atoms with Crippen LogP contribution >= 0.6 is 0 Å². The van der Waals surface area contributed by atoms with Gasteiger partial charge in [-0.3, -0.25) is 0 Å². The van der Waals surface area contributed by atoms with Crippen molar-refractivity contribution in [3.8, 4) is 0 Å². The first kappa shape index (κ1) is 15.5. The zero-order valence-electron chi connectivity index (χ0n) is 10.7. The van der Waals surface area contributed by atoms with Crippen molar-refractivity contribution in [3.63, 3.8) is 0 Å². The molecule has 0 saturated carbocycles. The zero-order chi connectivity index (χ0) is 13.3. The molecule has 6 heteroatoms. The van der Waals surface area contributed by atoms with Crippen LogP contribution in [0.4, 0.5) is 9.59 Å². The van der Waals surface area contributed by atoms with Gasteiger partial charge < -0.3 is 20.5 Å². The van der Waals surface area contributed by atoms with Crippen LogP contribution in [0.15, 0.2) is 0 Å². The van der Waals surface area contributed by atoms with Gasteiger partial charge in [0.1, 0.15) is 5.60 Å². The highest BCUT2D eigenvalue weighted by Gasteiger charge is 2.15. The lowest BCUT2D eigenvalue weighted by Crippen LogP contribution is -2.33. The number of unbranched alkanes of at least 4 members (excludes halogenated alkanes) is 2. The van der Waals surface area contributed by atoms with E-state index in [4.69, 9.17) is 9.84 Å². The van der Waals surface area contributed by atoms with Crippen LogP contribution in [-0.2, 0) is 4.74 Å². The van der Waals surface area contributed by atoms with E-state index in [1.165, 1.54) is 0 Å². The largest absolute Gasteiger partial charge is 0.465 e. The second-order valence-corrected chi connectivity index (χ2v) is 4.72. The number of nitrogens with one attached hydrogen (secondary N) is 2. The molecular formula is C11H22N2O4. The Balaban J connectivity index is 3.34. The van der Waals surface area contributed by atoms with E-state index in [1.807, 2.05) is 20.8 Å². The lowest BCUT2D eigenvalue weighted by molar-refractivity contribution is 0.0527. The van der Waals surface area contributed by atoms with Gasteiger partial charge in [-0.05, 0) is 40.0 Å². The number of carbonyl (C=O) groups is 2. The molecule has 0 unspecified atom stereocenters. The summed E-state index contributed by atoms with van der Waals surface area (Å²) in [7, 11) is 0. The molecule has 0 aromatic heterocycles. The molecule has 0 atom stereocenters. The summed E-state index contributed by atoms with van der Waals surface area (Å²) < 4.78 is 5.06. The lowest BCUT2D eigenvalue weighted by atomic mass is 10.2. The molecule has 0 radical (unpaired) electrons. The summed E-state index contributed by atoms with van der Waals surface area (Å²) in [6.07, 6.45) is 1.01. The Kier molecular flexibility index (Phi) is 7.09.